The number of nitrogen functional groups attached to an aromatic ring is 1. The minimum atomic E-state index is -0.576. The quantitative estimate of drug-likeness (QED) is 0.657. The molecule has 0 atom stereocenters. The molecule has 1 aromatic rings. The van der Waals surface area contributed by atoms with E-state index in [1.807, 2.05) is 6.07 Å². The largest absolute Gasteiger partial charge is 0.465 e. The maximum absolute atomic E-state index is 11.3. The van der Waals surface area contributed by atoms with Gasteiger partial charge >= 0.3 is 5.97 Å². The Hall–Kier alpha value is -2.09. The zero-order valence-corrected chi connectivity index (χ0v) is 7.87. The molecule has 0 fully saturated rings. The molecule has 14 heavy (non-hydrogen) atoms. The number of nitrogens with zero attached hydrogens (tertiary/aromatic N) is 2. The van der Waals surface area contributed by atoms with Crippen molar-refractivity contribution < 1.29 is 9.53 Å². The fraction of sp³-hybridized carbons (Fsp3) is 0.222. The number of rotatable bonds is 1. The van der Waals surface area contributed by atoms with Crippen molar-refractivity contribution in [3.63, 3.8) is 0 Å². The minimum absolute atomic E-state index is 0.0403. The molecular formula is C9H9N3O2. The van der Waals surface area contributed by atoms with E-state index in [0.717, 1.165) is 0 Å². The second kappa shape index (κ2) is 3.75. The lowest BCUT2D eigenvalue weighted by Crippen LogP contribution is -2.10. The van der Waals surface area contributed by atoms with Gasteiger partial charge in [0, 0.05) is 6.20 Å². The van der Waals surface area contributed by atoms with Crippen LogP contribution < -0.4 is 5.73 Å². The molecular weight excluding hydrogens is 182 g/mol. The summed E-state index contributed by atoms with van der Waals surface area (Å²) < 4.78 is 4.54. The van der Waals surface area contributed by atoms with Gasteiger partial charge in [0.05, 0.1) is 12.7 Å². The number of carbonyl (C=O) groups is 1. The number of aromatic nitrogens is 1. The maximum atomic E-state index is 11.3. The average molecular weight is 191 g/mol. The van der Waals surface area contributed by atoms with Crippen LogP contribution in [0.1, 0.15) is 21.5 Å². The van der Waals surface area contributed by atoms with Gasteiger partial charge in [0.1, 0.15) is 17.5 Å². The zero-order chi connectivity index (χ0) is 10.7. The first-order valence-electron chi connectivity index (χ1n) is 3.85. The summed E-state index contributed by atoms with van der Waals surface area (Å²) in [5.41, 5.74) is 6.27. The van der Waals surface area contributed by atoms with Crippen LogP contribution in [0.4, 0.5) is 5.82 Å². The summed E-state index contributed by atoms with van der Waals surface area (Å²) in [6.45, 7) is 1.67. The number of nitrogens with two attached hydrogens (primary N) is 1. The Kier molecular flexibility index (Phi) is 2.67. The standard InChI is InChI=1S/C9H9N3O2/c1-5-4-12-8(11)6(3-10)7(5)9(13)14-2/h4H,1-2H3,(H2,11,12). The van der Waals surface area contributed by atoms with Crippen molar-refractivity contribution in [1.82, 2.24) is 4.98 Å². The molecule has 0 spiro atoms. The van der Waals surface area contributed by atoms with Crippen LogP contribution in [0.25, 0.3) is 0 Å². The number of anilines is 1. The van der Waals surface area contributed by atoms with E-state index in [2.05, 4.69) is 9.72 Å². The van der Waals surface area contributed by atoms with Crippen LogP contribution in [0.15, 0.2) is 6.20 Å². The summed E-state index contributed by atoms with van der Waals surface area (Å²) in [6, 6.07) is 1.83. The Morgan fingerprint density at radius 1 is 1.71 bits per heavy atom. The number of esters is 1. The average Bonchev–Trinajstić information content (AvgIpc) is 2.19. The van der Waals surface area contributed by atoms with E-state index in [9.17, 15) is 4.79 Å². The number of methoxy groups -OCH3 is 1. The highest BCUT2D eigenvalue weighted by molar-refractivity contribution is 5.95. The maximum Gasteiger partial charge on any atom is 0.339 e. The molecule has 0 saturated heterocycles. The van der Waals surface area contributed by atoms with Crippen molar-refractivity contribution in [2.45, 2.75) is 6.92 Å². The van der Waals surface area contributed by atoms with Crippen molar-refractivity contribution in [2.24, 2.45) is 0 Å². The fourth-order valence-electron chi connectivity index (χ4n) is 1.10. The smallest absolute Gasteiger partial charge is 0.339 e. The minimum Gasteiger partial charge on any atom is -0.465 e. The summed E-state index contributed by atoms with van der Waals surface area (Å²) >= 11 is 0. The third-order valence-electron chi connectivity index (χ3n) is 1.80. The van der Waals surface area contributed by atoms with Gasteiger partial charge in [0.25, 0.3) is 0 Å². The van der Waals surface area contributed by atoms with Gasteiger partial charge in [-0.2, -0.15) is 5.26 Å². The third-order valence-corrected chi connectivity index (χ3v) is 1.80. The summed E-state index contributed by atoms with van der Waals surface area (Å²) in [4.78, 5) is 15.1. The fourth-order valence-corrected chi connectivity index (χ4v) is 1.10. The highest BCUT2D eigenvalue weighted by Crippen LogP contribution is 2.18. The lowest BCUT2D eigenvalue weighted by atomic mass is 10.1. The Morgan fingerprint density at radius 2 is 2.36 bits per heavy atom. The van der Waals surface area contributed by atoms with Crippen molar-refractivity contribution in [2.75, 3.05) is 12.8 Å². The summed E-state index contributed by atoms with van der Waals surface area (Å²) in [5.74, 6) is -0.536. The van der Waals surface area contributed by atoms with Crippen LogP contribution in [0.2, 0.25) is 0 Å². The molecule has 0 aliphatic heterocycles. The highest BCUT2D eigenvalue weighted by Gasteiger charge is 2.17. The summed E-state index contributed by atoms with van der Waals surface area (Å²) in [7, 11) is 1.25. The molecule has 1 heterocycles. The summed E-state index contributed by atoms with van der Waals surface area (Å²) in [5, 5.41) is 8.79. The van der Waals surface area contributed by atoms with Gasteiger partial charge in [-0.1, -0.05) is 0 Å². The predicted octanol–water partition coefficient (Wildman–Crippen LogP) is 0.631. The third kappa shape index (κ3) is 1.50. The van der Waals surface area contributed by atoms with Crippen molar-refractivity contribution in [3.05, 3.63) is 22.9 Å². The van der Waals surface area contributed by atoms with Gasteiger partial charge in [0.15, 0.2) is 0 Å². The number of hydrogen-bond acceptors (Lipinski definition) is 5. The van der Waals surface area contributed by atoms with Gasteiger partial charge in [-0.05, 0) is 12.5 Å². The Morgan fingerprint density at radius 3 is 2.86 bits per heavy atom. The van der Waals surface area contributed by atoms with E-state index in [1.165, 1.54) is 13.3 Å². The van der Waals surface area contributed by atoms with Gasteiger partial charge in [0.2, 0.25) is 0 Å². The molecule has 1 rings (SSSR count). The Labute approximate surface area is 81.1 Å². The number of aryl methyl sites for hydroxylation is 1. The van der Waals surface area contributed by atoms with Gasteiger partial charge < -0.3 is 10.5 Å². The molecule has 0 saturated carbocycles. The number of ether oxygens (including phenoxy) is 1. The second-order valence-electron chi connectivity index (χ2n) is 2.68. The van der Waals surface area contributed by atoms with Gasteiger partial charge in [-0.3, -0.25) is 0 Å². The van der Waals surface area contributed by atoms with Crippen LogP contribution in [-0.2, 0) is 4.74 Å². The van der Waals surface area contributed by atoms with Crippen LogP contribution in [0.5, 0.6) is 0 Å². The topological polar surface area (TPSA) is 89.0 Å². The SMILES string of the molecule is COC(=O)c1c(C)cnc(N)c1C#N. The lowest BCUT2D eigenvalue weighted by molar-refractivity contribution is 0.0599. The first-order chi connectivity index (χ1) is 6.61. The molecule has 72 valence electrons. The normalized spacial score (nSPS) is 9.21. The van der Waals surface area contributed by atoms with E-state index in [-0.39, 0.29) is 16.9 Å². The first kappa shape index (κ1) is 9.99. The molecule has 2 N–H and O–H groups in total. The number of hydrogen-bond donors (Lipinski definition) is 1. The van der Waals surface area contributed by atoms with Crippen molar-refractivity contribution in [3.8, 4) is 6.07 Å². The molecule has 0 aliphatic carbocycles. The molecule has 0 amide bonds. The van der Waals surface area contributed by atoms with Crippen LogP contribution in [-0.4, -0.2) is 18.1 Å². The molecule has 0 radical (unpaired) electrons. The van der Waals surface area contributed by atoms with Crippen LogP contribution >= 0.6 is 0 Å². The van der Waals surface area contributed by atoms with E-state index in [1.54, 1.807) is 6.92 Å². The van der Waals surface area contributed by atoms with E-state index < -0.39 is 5.97 Å². The second-order valence-corrected chi connectivity index (χ2v) is 2.68. The Balaban J connectivity index is 3.47. The predicted molar refractivity (Wildman–Crippen MR) is 49.4 cm³/mol. The van der Waals surface area contributed by atoms with Crippen molar-refractivity contribution in [1.29, 1.82) is 5.26 Å². The molecule has 1 aromatic heterocycles. The molecule has 5 nitrogen and oxygen atoms in total. The molecule has 0 bridgehead atoms. The number of carbonyl (C=O) groups excluding carboxylic acids is 1. The van der Waals surface area contributed by atoms with Crippen LogP contribution in [0, 0.1) is 18.3 Å². The molecule has 5 heteroatoms. The molecule has 0 unspecified atom stereocenters. The lowest BCUT2D eigenvalue weighted by Gasteiger charge is -2.06. The highest BCUT2D eigenvalue weighted by atomic mass is 16.5. The van der Waals surface area contributed by atoms with E-state index in [0.29, 0.717) is 5.56 Å². The monoisotopic (exact) mass is 191 g/mol. The zero-order valence-electron chi connectivity index (χ0n) is 7.87. The van der Waals surface area contributed by atoms with Crippen LogP contribution in [0.3, 0.4) is 0 Å². The first-order valence-corrected chi connectivity index (χ1v) is 3.85. The number of nitriles is 1. The number of pyridine rings is 1. The molecule has 0 aromatic carbocycles. The van der Waals surface area contributed by atoms with E-state index >= 15 is 0 Å². The van der Waals surface area contributed by atoms with Gasteiger partial charge in [-0.15, -0.1) is 0 Å². The Bertz CT molecular complexity index is 421. The van der Waals surface area contributed by atoms with Gasteiger partial charge in [-0.25, -0.2) is 9.78 Å². The molecule has 0 aliphatic rings. The summed E-state index contributed by atoms with van der Waals surface area (Å²) in [6.07, 6.45) is 1.43. The van der Waals surface area contributed by atoms with E-state index in [4.69, 9.17) is 11.0 Å². The van der Waals surface area contributed by atoms with Crippen molar-refractivity contribution >= 4 is 11.8 Å².